The fourth-order valence-corrected chi connectivity index (χ4v) is 4.36. The summed E-state index contributed by atoms with van der Waals surface area (Å²) in [6.07, 6.45) is 6.77. The van der Waals surface area contributed by atoms with Crippen LogP contribution >= 0.6 is 11.3 Å². The number of nitrogens with zero attached hydrogens (tertiary/aromatic N) is 3. The van der Waals surface area contributed by atoms with Crippen molar-refractivity contribution in [1.29, 1.82) is 0 Å². The molecule has 5 nitrogen and oxygen atoms in total. The van der Waals surface area contributed by atoms with Crippen molar-refractivity contribution in [2.24, 2.45) is 5.92 Å². The van der Waals surface area contributed by atoms with Crippen molar-refractivity contribution in [2.45, 2.75) is 51.9 Å². The molecule has 0 spiro atoms. The van der Waals surface area contributed by atoms with Gasteiger partial charge >= 0.3 is 0 Å². The number of thiazole rings is 1. The van der Waals surface area contributed by atoms with Crippen LogP contribution in [0.2, 0.25) is 0 Å². The van der Waals surface area contributed by atoms with Crippen molar-refractivity contribution in [3.63, 3.8) is 0 Å². The van der Waals surface area contributed by atoms with Gasteiger partial charge < -0.3 is 9.80 Å². The molecule has 2 amide bonds. The molecule has 1 aromatic heterocycles. The summed E-state index contributed by atoms with van der Waals surface area (Å²) in [5, 5.41) is 3.16. The molecule has 6 heteroatoms. The first kappa shape index (κ1) is 17.4. The molecule has 1 aromatic rings. The molecule has 2 fully saturated rings. The van der Waals surface area contributed by atoms with Crippen LogP contribution in [-0.4, -0.2) is 52.8 Å². The van der Waals surface area contributed by atoms with Crippen LogP contribution in [0, 0.1) is 12.8 Å². The average Bonchev–Trinajstić information content (AvgIpc) is 3.26. The van der Waals surface area contributed by atoms with Crippen molar-refractivity contribution in [2.75, 3.05) is 26.2 Å². The van der Waals surface area contributed by atoms with Crippen LogP contribution in [0.15, 0.2) is 5.38 Å². The standard InChI is InChI=1S/C18H27N3O2S/c1-14-19-16(13-24-14)7-4-8-17(22)20-9-11-21(12-10-20)18(23)15-5-2-3-6-15/h13,15H,2-12H2,1H3. The number of rotatable bonds is 5. The largest absolute Gasteiger partial charge is 0.339 e. The quantitative estimate of drug-likeness (QED) is 0.821. The van der Waals surface area contributed by atoms with Gasteiger partial charge in [-0.25, -0.2) is 4.98 Å². The van der Waals surface area contributed by atoms with E-state index in [1.807, 2.05) is 16.7 Å². The van der Waals surface area contributed by atoms with Gasteiger partial charge in [0.25, 0.3) is 0 Å². The molecule has 1 aliphatic carbocycles. The second-order valence-electron chi connectivity index (χ2n) is 6.90. The normalized spacial score (nSPS) is 19.0. The number of carbonyl (C=O) groups is 2. The molecule has 1 saturated carbocycles. The molecular weight excluding hydrogens is 322 g/mol. The van der Waals surface area contributed by atoms with E-state index in [4.69, 9.17) is 0 Å². The number of aryl methyl sites for hydroxylation is 2. The summed E-state index contributed by atoms with van der Waals surface area (Å²) in [6, 6.07) is 0. The SMILES string of the molecule is Cc1nc(CCCC(=O)N2CCN(C(=O)C3CCCC3)CC2)cs1. The summed E-state index contributed by atoms with van der Waals surface area (Å²) in [4.78, 5) is 33.1. The highest BCUT2D eigenvalue weighted by atomic mass is 32.1. The minimum atomic E-state index is 0.218. The Morgan fingerprint density at radius 3 is 2.46 bits per heavy atom. The third-order valence-electron chi connectivity index (χ3n) is 5.14. The molecule has 132 valence electrons. The highest BCUT2D eigenvalue weighted by Gasteiger charge is 2.30. The highest BCUT2D eigenvalue weighted by molar-refractivity contribution is 7.09. The number of carbonyl (C=O) groups excluding carboxylic acids is 2. The first-order valence-corrected chi connectivity index (χ1v) is 9.99. The van der Waals surface area contributed by atoms with Gasteiger partial charge in [-0.05, 0) is 32.6 Å². The fourth-order valence-electron chi connectivity index (χ4n) is 3.71. The van der Waals surface area contributed by atoms with E-state index >= 15 is 0 Å². The number of amides is 2. The number of hydrogen-bond donors (Lipinski definition) is 0. The summed E-state index contributed by atoms with van der Waals surface area (Å²) in [6.45, 7) is 4.78. The van der Waals surface area contributed by atoms with Crippen LogP contribution in [0.4, 0.5) is 0 Å². The maximum atomic E-state index is 12.4. The topological polar surface area (TPSA) is 53.5 Å². The Labute approximate surface area is 148 Å². The number of hydrogen-bond acceptors (Lipinski definition) is 4. The van der Waals surface area contributed by atoms with Gasteiger partial charge in [0.05, 0.1) is 10.7 Å². The van der Waals surface area contributed by atoms with E-state index in [9.17, 15) is 9.59 Å². The van der Waals surface area contributed by atoms with E-state index in [1.54, 1.807) is 11.3 Å². The lowest BCUT2D eigenvalue weighted by atomic mass is 10.1. The van der Waals surface area contributed by atoms with Crippen molar-refractivity contribution < 1.29 is 9.59 Å². The zero-order valence-corrected chi connectivity index (χ0v) is 15.3. The van der Waals surface area contributed by atoms with E-state index in [0.717, 1.165) is 36.4 Å². The van der Waals surface area contributed by atoms with Crippen LogP contribution < -0.4 is 0 Å². The lowest BCUT2D eigenvalue weighted by Gasteiger charge is -2.36. The molecule has 0 aromatic carbocycles. The van der Waals surface area contributed by atoms with Gasteiger partial charge in [0.1, 0.15) is 0 Å². The van der Waals surface area contributed by atoms with E-state index in [0.29, 0.717) is 38.5 Å². The van der Waals surface area contributed by atoms with E-state index < -0.39 is 0 Å². The van der Waals surface area contributed by atoms with Crippen molar-refractivity contribution in [3.05, 3.63) is 16.1 Å². The Morgan fingerprint density at radius 2 is 1.83 bits per heavy atom. The summed E-state index contributed by atoms with van der Waals surface area (Å²) >= 11 is 1.66. The maximum Gasteiger partial charge on any atom is 0.225 e. The molecule has 0 unspecified atom stereocenters. The van der Waals surface area contributed by atoms with E-state index in [-0.39, 0.29) is 11.8 Å². The Kier molecular flexibility index (Phi) is 5.87. The lowest BCUT2D eigenvalue weighted by molar-refractivity contribution is -0.142. The zero-order valence-electron chi connectivity index (χ0n) is 14.5. The second-order valence-corrected chi connectivity index (χ2v) is 7.96. The maximum absolute atomic E-state index is 12.4. The predicted molar refractivity (Wildman–Crippen MR) is 94.9 cm³/mol. The van der Waals surface area contributed by atoms with Crippen LogP contribution in [0.25, 0.3) is 0 Å². The van der Waals surface area contributed by atoms with Gasteiger partial charge in [0, 0.05) is 43.9 Å². The number of piperazine rings is 1. The molecule has 3 rings (SSSR count). The second kappa shape index (κ2) is 8.10. The Bertz CT molecular complexity index is 573. The fraction of sp³-hybridized carbons (Fsp3) is 0.722. The Balaban J connectivity index is 1.37. The van der Waals surface area contributed by atoms with Crippen molar-refractivity contribution in [1.82, 2.24) is 14.8 Å². The average molecular weight is 350 g/mol. The molecule has 1 aliphatic heterocycles. The highest BCUT2D eigenvalue weighted by Crippen LogP contribution is 2.27. The molecule has 2 heterocycles. The Hall–Kier alpha value is -1.43. The minimum absolute atomic E-state index is 0.218. The molecule has 0 atom stereocenters. The first-order chi connectivity index (χ1) is 11.6. The molecule has 1 saturated heterocycles. The Morgan fingerprint density at radius 1 is 1.17 bits per heavy atom. The summed E-state index contributed by atoms with van der Waals surface area (Å²) in [7, 11) is 0. The van der Waals surface area contributed by atoms with Gasteiger partial charge in [-0.2, -0.15) is 0 Å². The van der Waals surface area contributed by atoms with Crippen LogP contribution in [-0.2, 0) is 16.0 Å². The van der Waals surface area contributed by atoms with Gasteiger partial charge in [-0.3, -0.25) is 9.59 Å². The van der Waals surface area contributed by atoms with E-state index in [1.165, 1.54) is 12.8 Å². The van der Waals surface area contributed by atoms with Gasteiger partial charge in [0.2, 0.25) is 11.8 Å². The van der Waals surface area contributed by atoms with Crippen molar-refractivity contribution >= 4 is 23.2 Å². The first-order valence-electron chi connectivity index (χ1n) is 9.11. The molecule has 0 N–H and O–H groups in total. The molecular formula is C18H27N3O2S. The molecule has 0 bridgehead atoms. The summed E-state index contributed by atoms with van der Waals surface area (Å²) in [5.41, 5.74) is 1.09. The monoisotopic (exact) mass is 349 g/mol. The lowest BCUT2D eigenvalue weighted by Crippen LogP contribution is -2.51. The van der Waals surface area contributed by atoms with Crippen LogP contribution in [0.5, 0.6) is 0 Å². The zero-order chi connectivity index (χ0) is 16.9. The summed E-state index contributed by atoms with van der Waals surface area (Å²) in [5.74, 6) is 0.780. The number of aromatic nitrogens is 1. The van der Waals surface area contributed by atoms with Crippen LogP contribution in [0.3, 0.4) is 0 Å². The third kappa shape index (κ3) is 4.35. The van der Waals surface area contributed by atoms with E-state index in [2.05, 4.69) is 10.4 Å². The van der Waals surface area contributed by atoms with Gasteiger partial charge in [0.15, 0.2) is 0 Å². The molecule has 24 heavy (non-hydrogen) atoms. The van der Waals surface area contributed by atoms with Gasteiger partial charge in [-0.15, -0.1) is 11.3 Å². The van der Waals surface area contributed by atoms with Crippen molar-refractivity contribution in [3.8, 4) is 0 Å². The van der Waals surface area contributed by atoms with Gasteiger partial charge in [-0.1, -0.05) is 12.8 Å². The minimum Gasteiger partial charge on any atom is -0.339 e. The van der Waals surface area contributed by atoms with Crippen LogP contribution in [0.1, 0.15) is 49.2 Å². The third-order valence-corrected chi connectivity index (χ3v) is 5.96. The summed E-state index contributed by atoms with van der Waals surface area (Å²) < 4.78 is 0. The smallest absolute Gasteiger partial charge is 0.225 e. The predicted octanol–water partition coefficient (Wildman–Crippen LogP) is 2.64. The molecule has 2 aliphatic rings. The molecule has 0 radical (unpaired) electrons.